The molecule has 2 aromatic rings. The molecule has 228 valence electrons. The molecule has 1 unspecified atom stereocenters. The summed E-state index contributed by atoms with van der Waals surface area (Å²) < 4.78 is 113. The van der Waals surface area contributed by atoms with Crippen LogP contribution in [0.1, 0.15) is 66.2 Å². The monoisotopic (exact) mass is 620 g/mol. The van der Waals surface area contributed by atoms with Crippen LogP contribution in [-0.2, 0) is 9.78 Å². The molecule has 0 saturated heterocycles. The Bertz CT molecular complexity index is 1160. The molecule has 0 amide bonds. The first-order valence-corrected chi connectivity index (χ1v) is 12.6. The van der Waals surface area contributed by atoms with Crippen LogP contribution in [0.4, 0.5) is 35.1 Å². The van der Waals surface area contributed by atoms with Gasteiger partial charge < -0.3 is 9.47 Å². The first-order chi connectivity index (χ1) is 19.1. The summed E-state index contributed by atoms with van der Waals surface area (Å²) in [5.74, 6) is -15.6. The summed E-state index contributed by atoms with van der Waals surface area (Å²) in [6.07, 6.45) is -4.91. The molecule has 2 rings (SSSR count). The topological polar surface area (TPSA) is 71.1 Å². The number of hydrogen-bond acceptors (Lipinski definition) is 6. The Balaban J connectivity index is 1.90. The molecule has 0 saturated carbocycles. The molecule has 0 aliphatic heterocycles. The number of alkyl halides is 8. The van der Waals surface area contributed by atoms with Crippen LogP contribution in [0, 0.1) is 0 Å². The van der Waals surface area contributed by atoms with E-state index >= 15 is 0 Å². The largest absolute Gasteiger partial charge is 0.494 e. The van der Waals surface area contributed by atoms with Gasteiger partial charge in [-0.05, 0) is 42.8 Å². The first kappa shape index (κ1) is 34.1. The molecule has 6 nitrogen and oxygen atoms in total. The van der Waals surface area contributed by atoms with E-state index in [1.165, 1.54) is 25.0 Å². The Labute approximate surface area is 234 Å². The van der Waals surface area contributed by atoms with E-state index in [4.69, 9.17) is 21.1 Å². The predicted molar refractivity (Wildman–Crippen MR) is 129 cm³/mol. The van der Waals surface area contributed by atoms with E-state index in [9.17, 15) is 44.7 Å². The van der Waals surface area contributed by atoms with Crippen LogP contribution in [0.2, 0.25) is 5.02 Å². The number of carbonyl (C=O) groups is 2. The number of ether oxygens (including phenoxy) is 2. The number of esters is 1. The average Bonchev–Trinajstić information content (AvgIpc) is 2.90. The lowest BCUT2D eigenvalue weighted by Gasteiger charge is -2.29. The second kappa shape index (κ2) is 14.7. The molecule has 0 bridgehead atoms. The van der Waals surface area contributed by atoms with Crippen molar-refractivity contribution >= 4 is 23.5 Å². The van der Waals surface area contributed by atoms with Crippen LogP contribution in [0.15, 0.2) is 42.5 Å². The van der Waals surface area contributed by atoms with Crippen LogP contribution in [0.5, 0.6) is 11.5 Å². The Morgan fingerprint density at radius 2 is 1.41 bits per heavy atom. The highest BCUT2D eigenvalue weighted by Crippen LogP contribution is 2.49. The fourth-order valence-electron chi connectivity index (χ4n) is 3.17. The molecule has 0 aromatic heterocycles. The highest BCUT2D eigenvalue weighted by molar-refractivity contribution is 6.33. The Kier molecular flexibility index (Phi) is 12.2. The quantitative estimate of drug-likeness (QED) is 0.0496. The molecular weight excluding hydrogens is 596 g/mol. The summed E-state index contributed by atoms with van der Waals surface area (Å²) in [5.41, 5.74) is -0.591. The van der Waals surface area contributed by atoms with Gasteiger partial charge in [0.05, 0.1) is 22.8 Å². The van der Waals surface area contributed by atoms with Crippen molar-refractivity contribution in [3.63, 3.8) is 0 Å². The zero-order valence-corrected chi connectivity index (χ0v) is 22.2. The van der Waals surface area contributed by atoms with Gasteiger partial charge in [0.15, 0.2) is 0 Å². The van der Waals surface area contributed by atoms with Gasteiger partial charge in [-0.3, -0.25) is 4.89 Å². The number of halogens is 9. The summed E-state index contributed by atoms with van der Waals surface area (Å²) in [4.78, 5) is 31.1. The second-order valence-electron chi connectivity index (χ2n) is 8.65. The maximum atomic E-state index is 13.4. The van der Waals surface area contributed by atoms with Crippen molar-refractivity contribution in [3.8, 4) is 11.5 Å². The van der Waals surface area contributed by atoms with Gasteiger partial charge in [0.2, 0.25) is 0 Å². The van der Waals surface area contributed by atoms with E-state index in [1.54, 1.807) is 12.1 Å². The molecule has 0 fully saturated rings. The molecule has 0 spiro atoms. The number of unbranched alkanes of at least 4 members (excludes halogenated alkanes) is 5. The SMILES string of the molecule is CCCCCCCCOc1ccc(C(=O)Oc2ccc(C(=O)OOC(F)C(F)(F)C(F)(F)C(F)(F)F)c(Cl)c2)cc1. The van der Waals surface area contributed by atoms with Gasteiger partial charge in [0, 0.05) is 6.07 Å². The van der Waals surface area contributed by atoms with E-state index in [2.05, 4.69) is 16.7 Å². The van der Waals surface area contributed by atoms with Crippen molar-refractivity contribution < 1.29 is 64.0 Å². The van der Waals surface area contributed by atoms with Gasteiger partial charge in [-0.1, -0.05) is 50.6 Å². The fourth-order valence-corrected chi connectivity index (χ4v) is 3.42. The third kappa shape index (κ3) is 9.18. The van der Waals surface area contributed by atoms with Crippen molar-refractivity contribution in [1.82, 2.24) is 0 Å². The molecule has 0 radical (unpaired) electrons. The Hall–Kier alpha value is -3.13. The third-order valence-electron chi connectivity index (χ3n) is 5.50. The smallest absolute Gasteiger partial charge is 0.460 e. The van der Waals surface area contributed by atoms with E-state index in [0.717, 1.165) is 43.9 Å². The zero-order valence-electron chi connectivity index (χ0n) is 21.4. The molecule has 0 aliphatic carbocycles. The summed E-state index contributed by atoms with van der Waals surface area (Å²) in [6.45, 7) is 2.65. The van der Waals surface area contributed by atoms with Crippen LogP contribution in [0.3, 0.4) is 0 Å². The Morgan fingerprint density at radius 1 is 0.829 bits per heavy atom. The van der Waals surface area contributed by atoms with Crippen molar-refractivity contribution in [2.75, 3.05) is 6.61 Å². The Morgan fingerprint density at radius 3 is 2.00 bits per heavy atom. The molecule has 1 atom stereocenters. The van der Waals surface area contributed by atoms with Crippen molar-refractivity contribution in [2.24, 2.45) is 0 Å². The van der Waals surface area contributed by atoms with Crippen LogP contribution < -0.4 is 9.47 Å². The lowest BCUT2D eigenvalue weighted by Crippen LogP contribution is -2.57. The second-order valence-corrected chi connectivity index (χ2v) is 9.06. The minimum absolute atomic E-state index is 0.121. The first-order valence-electron chi connectivity index (χ1n) is 12.2. The third-order valence-corrected chi connectivity index (χ3v) is 5.81. The van der Waals surface area contributed by atoms with E-state index < -0.39 is 46.9 Å². The lowest BCUT2D eigenvalue weighted by molar-refractivity contribution is -0.425. The summed E-state index contributed by atoms with van der Waals surface area (Å²) >= 11 is 5.83. The highest BCUT2D eigenvalue weighted by Gasteiger charge is 2.77. The maximum absolute atomic E-state index is 13.4. The normalized spacial score (nSPS) is 13.0. The zero-order chi connectivity index (χ0) is 30.8. The molecule has 0 heterocycles. The number of hydrogen-bond donors (Lipinski definition) is 0. The number of rotatable bonds is 15. The highest BCUT2D eigenvalue weighted by atomic mass is 35.5. The van der Waals surface area contributed by atoms with Crippen LogP contribution in [-0.4, -0.2) is 42.9 Å². The summed E-state index contributed by atoms with van der Waals surface area (Å²) in [5, 5.41) is -0.551. The van der Waals surface area contributed by atoms with E-state index in [0.29, 0.717) is 12.4 Å². The van der Waals surface area contributed by atoms with Crippen molar-refractivity contribution in [2.45, 2.75) is 69.8 Å². The minimum Gasteiger partial charge on any atom is -0.494 e. The summed E-state index contributed by atoms with van der Waals surface area (Å²) in [6, 6.07) is 8.69. The lowest BCUT2D eigenvalue weighted by atomic mass is 10.1. The van der Waals surface area contributed by atoms with Gasteiger partial charge in [-0.25, -0.2) is 14.0 Å². The average molecular weight is 621 g/mol. The van der Waals surface area contributed by atoms with Crippen molar-refractivity contribution in [1.29, 1.82) is 0 Å². The van der Waals surface area contributed by atoms with Crippen LogP contribution in [0.25, 0.3) is 0 Å². The molecule has 41 heavy (non-hydrogen) atoms. The molecular formula is C26H25ClF8O6. The van der Waals surface area contributed by atoms with Gasteiger partial charge in [0.1, 0.15) is 11.5 Å². The summed E-state index contributed by atoms with van der Waals surface area (Å²) in [7, 11) is 0. The van der Waals surface area contributed by atoms with Gasteiger partial charge in [0.25, 0.3) is 0 Å². The predicted octanol–water partition coefficient (Wildman–Crippen LogP) is 8.52. The molecule has 0 N–H and O–H groups in total. The molecule has 0 aliphatic rings. The van der Waals surface area contributed by atoms with Crippen LogP contribution >= 0.6 is 11.6 Å². The standard InChI is InChI=1S/C26H25ClF8O6/c1-2-3-4-5-6-7-14-38-17-10-8-16(9-11-17)21(36)39-18-12-13-19(20(27)15-18)22(37)40-41-23(28)24(29,30)25(31,32)26(33,34)35/h8-13,15,23H,2-7,14H2,1H3. The van der Waals surface area contributed by atoms with E-state index in [-0.39, 0.29) is 11.3 Å². The van der Waals surface area contributed by atoms with Gasteiger partial charge in [-0.2, -0.15) is 30.7 Å². The van der Waals surface area contributed by atoms with E-state index in [1.807, 2.05) is 0 Å². The number of benzene rings is 2. The molecule has 2 aromatic carbocycles. The van der Waals surface area contributed by atoms with Crippen molar-refractivity contribution in [3.05, 3.63) is 58.6 Å². The minimum atomic E-state index is -6.84. The molecule has 15 heteroatoms. The van der Waals surface area contributed by atoms with Gasteiger partial charge >= 0.3 is 36.3 Å². The number of carbonyl (C=O) groups excluding carboxylic acids is 2. The van der Waals surface area contributed by atoms with Gasteiger partial charge in [-0.15, -0.1) is 4.89 Å². The fraction of sp³-hybridized carbons (Fsp3) is 0.462. The maximum Gasteiger partial charge on any atom is 0.460 e.